The van der Waals surface area contributed by atoms with E-state index >= 15 is 0 Å². The van der Waals surface area contributed by atoms with Crippen LogP contribution in [-0.4, -0.2) is 77.8 Å². The zero-order chi connectivity index (χ0) is 56.1. The molecule has 0 aliphatic carbocycles. The number of rotatable bonds is 20. The number of hydrogen-bond donors (Lipinski definition) is 6. The number of hydrogen-bond acceptors (Lipinski definition) is 12. The Bertz CT molecular complexity index is 3170. The summed E-state index contributed by atoms with van der Waals surface area (Å²) in [6.45, 7) is 1.12. The molecule has 5 atom stereocenters. The number of benzene rings is 7. The summed E-state index contributed by atoms with van der Waals surface area (Å²) in [5.74, 6) is -2.55. The Balaban J connectivity index is 1.16. The number of esters is 1. The molecule has 1 aliphatic heterocycles. The molecule has 17 nitrogen and oxygen atoms in total. The highest BCUT2D eigenvalue weighted by Gasteiger charge is 2.34. The van der Waals surface area contributed by atoms with Gasteiger partial charge in [0.2, 0.25) is 17.7 Å². The number of carbonyl (C=O) groups excluding carboxylic acids is 6. The highest BCUT2D eigenvalue weighted by Crippen LogP contribution is 2.33. The van der Waals surface area contributed by atoms with Crippen LogP contribution in [0.3, 0.4) is 0 Å². The van der Waals surface area contributed by atoms with Crippen LogP contribution in [0.4, 0.5) is 9.59 Å². The van der Waals surface area contributed by atoms with Crippen molar-refractivity contribution >= 4 is 35.9 Å². The normalized spacial score (nSPS) is 15.8. The molecule has 412 valence electrons. The van der Waals surface area contributed by atoms with Crippen LogP contribution in [0.2, 0.25) is 0 Å². The highest BCUT2D eigenvalue weighted by molar-refractivity contribution is 5.95. The minimum absolute atomic E-state index is 0.0529. The number of amides is 5. The maximum atomic E-state index is 15.0. The SMILES string of the molecule is C[C@H](NC(=O)[C@@H]1Cc2cc(ccc2OCc2ccccc2)-c2ccc(OCc3ccccc3)c(c2)C[C@H](NC(=O)OCc2ccccc2)C(=O)N[C@@H](C[C@@H](O)CNC(=O)OCc2ccccc2)C(=O)N1)C(=O)OCc1ccccc1. The average molecular weight is 1080 g/mol. The molecule has 0 spiro atoms. The van der Waals surface area contributed by atoms with Gasteiger partial charge in [0, 0.05) is 25.8 Å². The van der Waals surface area contributed by atoms with Gasteiger partial charge in [0.1, 0.15) is 68.7 Å². The van der Waals surface area contributed by atoms with Crippen molar-refractivity contribution in [2.24, 2.45) is 0 Å². The fourth-order valence-electron chi connectivity index (χ4n) is 8.69. The van der Waals surface area contributed by atoms with Gasteiger partial charge in [0.25, 0.3) is 0 Å². The zero-order valence-electron chi connectivity index (χ0n) is 44.1. The first-order valence-corrected chi connectivity index (χ1v) is 26.2. The molecule has 0 aromatic heterocycles. The van der Waals surface area contributed by atoms with E-state index in [2.05, 4.69) is 26.6 Å². The largest absolute Gasteiger partial charge is 0.489 e. The van der Waals surface area contributed by atoms with Gasteiger partial charge in [-0.2, -0.15) is 0 Å². The molecule has 5 amide bonds. The summed E-state index contributed by atoms with van der Waals surface area (Å²) < 4.78 is 29.4. The van der Waals surface area contributed by atoms with E-state index in [9.17, 15) is 33.9 Å². The predicted octanol–water partition coefficient (Wildman–Crippen LogP) is 7.80. The van der Waals surface area contributed by atoms with Crippen LogP contribution in [-0.2, 0) is 79.3 Å². The molecule has 0 unspecified atom stereocenters. The third-order valence-corrected chi connectivity index (χ3v) is 13.0. The van der Waals surface area contributed by atoms with Gasteiger partial charge in [-0.05, 0) is 81.3 Å². The van der Waals surface area contributed by atoms with Crippen LogP contribution < -0.4 is 36.1 Å². The molecule has 0 saturated carbocycles. The zero-order valence-corrected chi connectivity index (χ0v) is 44.1. The molecule has 1 heterocycles. The Hall–Kier alpha value is -9.48. The van der Waals surface area contributed by atoms with Crippen molar-refractivity contribution in [3.63, 3.8) is 0 Å². The number of alkyl carbamates (subject to hydrolysis) is 2. The number of carbonyl (C=O) groups is 6. The van der Waals surface area contributed by atoms with Crippen LogP contribution in [0.1, 0.15) is 52.3 Å². The Morgan fingerprint density at radius 2 is 0.975 bits per heavy atom. The van der Waals surface area contributed by atoms with Crippen LogP contribution in [0, 0.1) is 0 Å². The predicted molar refractivity (Wildman–Crippen MR) is 297 cm³/mol. The number of nitrogens with one attached hydrogen (secondary N) is 5. The van der Waals surface area contributed by atoms with Crippen molar-refractivity contribution < 1.29 is 57.6 Å². The average Bonchev–Trinajstić information content (AvgIpc) is 3.49. The number of fused-ring (bicyclic) bond motifs is 5. The fraction of sp³-hybridized carbons (Fsp3) is 0.238. The van der Waals surface area contributed by atoms with E-state index in [1.54, 1.807) is 84.9 Å². The second kappa shape index (κ2) is 28.8. The van der Waals surface area contributed by atoms with Crippen molar-refractivity contribution in [1.29, 1.82) is 0 Å². The van der Waals surface area contributed by atoms with Crippen molar-refractivity contribution in [2.75, 3.05) is 6.54 Å². The van der Waals surface area contributed by atoms with Gasteiger partial charge >= 0.3 is 18.2 Å². The summed E-state index contributed by atoms with van der Waals surface area (Å²) >= 11 is 0. The summed E-state index contributed by atoms with van der Waals surface area (Å²) in [4.78, 5) is 84.6. The maximum absolute atomic E-state index is 15.0. The third kappa shape index (κ3) is 17.3. The standard InChI is InChI=1S/C63H63N5O12/c1-42(61(73)78-39-45-21-11-4-12-22-45)65-58(70)53-33-50-31-48(27-29-56(50)76-37-43-17-7-2-8-18-43)49-28-30-57(77-38-44-19-9-3-10-20-44)51(32-49)34-54(68-63(75)80-41-47-25-15-6-16-26-47)59(71)67-55(60(72)66-53)35-52(69)36-64-62(74)79-40-46-23-13-5-14-24-46/h2-32,42,52-55,69H,33-41H2,1H3,(H,64,74)(H,65,70)(H,66,72)(H,67,71)(H,68,75)/t42-,52+,53-,54-,55-/m0/s1. The van der Waals surface area contributed by atoms with Gasteiger partial charge in [0.05, 0.1) is 6.10 Å². The molecule has 0 fully saturated rings. The van der Waals surface area contributed by atoms with Gasteiger partial charge in [-0.3, -0.25) is 14.4 Å². The van der Waals surface area contributed by atoms with Crippen molar-refractivity contribution in [3.8, 4) is 22.6 Å². The quantitative estimate of drug-likeness (QED) is 0.0318. The van der Waals surface area contributed by atoms with E-state index in [1.807, 2.05) is 103 Å². The van der Waals surface area contributed by atoms with E-state index in [0.29, 0.717) is 39.3 Å². The molecular weight excluding hydrogens is 1020 g/mol. The van der Waals surface area contributed by atoms with Gasteiger partial charge in [-0.15, -0.1) is 0 Å². The summed E-state index contributed by atoms with van der Waals surface area (Å²) in [6.07, 6.45) is -4.20. The lowest BCUT2D eigenvalue weighted by atomic mass is 9.95. The molecular formula is C63H63N5O12. The van der Waals surface area contributed by atoms with Crippen molar-refractivity contribution in [1.82, 2.24) is 26.6 Å². The topological polar surface area (TPSA) is 229 Å². The maximum Gasteiger partial charge on any atom is 0.408 e. The Kier molecular flexibility index (Phi) is 20.4. The number of aliphatic hydroxyl groups excluding tert-OH is 1. The van der Waals surface area contributed by atoms with Crippen LogP contribution in [0.25, 0.3) is 11.1 Å². The smallest absolute Gasteiger partial charge is 0.408 e. The van der Waals surface area contributed by atoms with E-state index in [0.717, 1.165) is 22.3 Å². The first kappa shape index (κ1) is 56.7. The molecule has 7 aromatic rings. The molecule has 7 aromatic carbocycles. The molecule has 6 N–H and O–H groups in total. The second-order valence-electron chi connectivity index (χ2n) is 19.1. The second-order valence-corrected chi connectivity index (χ2v) is 19.1. The summed E-state index contributed by atoms with van der Waals surface area (Å²) in [7, 11) is 0. The molecule has 0 saturated heterocycles. The Morgan fingerprint density at radius 3 is 1.46 bits per heavy atom. The van der Waals surface area contributed by atoms with Crippen molar-refractivity contribution in [3.05, 3.63) is 227 Å². The van der Waals surface area contributed by atoms with E-state index in [4.69, 9.17) is 23.7 Å². The Morgan fingerprint density at radius 1 is 0.537 bits per heavy atom. The molecule has 17 heteroatoms. The lowest BCUT2D eigenvalue weighted by Gasteiger charge is -2.27. The third-order valence-electron chi connectivity index (χ3n) is 13.0. The van der Waals surface area contributed by atoms with Crippen LogP contribution in [0.15, 0.2) is 188 Å². The van der Waals surface area contributed by atoms with E-state index < -0.39 is 79.1 Å². The molecule has 1 aliphatic rings. The minimum atomic E-state index is -1.63. The molecule has 4 bridgehead atoms. The van der Waals surface area contributed by atoms with Gasteiger partial charge in [-0.25, -0.2) is 14.4 Å². The van der Waals surface area contributed by atoms with E-state index in [-0.39, 0.29) is 45.9 Å². The van der Waals surface area contributed by atoms with Gasteiger partial charge in [0.15, 0.2) is 0 Å². The van der Waals surface area contributed by atoms with Crippen LogP contribution >= 0.6 is 0 Å². The lowest BCUT2D eigenvalue weighted by Crippen LogP contribution is -2.59. The minimum Gasteiger partial charge on any atom is -0.489 e. The summed E-state index contributed by atoms with van der Waals surface area (Å²) in [5.41, 5.74) is 6.19. The van der Waals surface area contributed by atoms with E-state index in [1.165, 1.54) is 6.92 Å². The molecule has 80 heavy (non-hydrogen) atoms. The van der Waals surface area contributed by atoms with Gasteiger partial charge < -0.3 is 55.4 Å². The number of aliphatic hydroxyl groups is 1. The monoisotopic (exact) mass is 1080 g/mol. The Labute approximate surface area is 464 Å². The fourth-order valence-corrected chi connectivity index (χ4v) is 8.69. The summed E-state index contributed by atoms with van der Waals surface area (Å²) in [6, 6.07) is 51.1. The van der Waals surface area contributed by atoms with Crippen LogP contribution in [0.5, 0.6) is 11.5 Å². The highest BCUT2D eigenvalue weighted by atomic mass is 16.6. The van der Waals surface area contributed by atoms with Gasteiger partial charge in [-0.1, -0.05) is 164 Å². The summed E-state index contributed by atoms with van der Waals surface area (Å²) in [5, 5.41) is 25.0. The first-order valence-electron chi connectivity index (χ1n) is 26.2. The molecule has 8 rings (SSSR count). The molecule has 0 radical (unpaired) electrons. The van der Waals surface area contributed by atoms with Crippen molar-refractivity contribution in [2.45, 2.75) is 89.5 Å². The first-order chi connectivity index (χ1) is 38.9. The number of ether oxygens (including phenoxy) is 5. The lowest BCUT2D eigenvalue weighted by molar-refractivity contribution is -0.148.